The molecule has 0 aliphatic rings. The van der Waals surface area contributed by atoms with E-state index in [1.807, 2.05) is 50.4 Å². The van der Waals surface area contributed by atoms with Crippen molar-refractivity contribution in [3.05, 3.63) is 53.7 Å². The van der Waals surface area contributed by atoms with Gasteiger partial charge in [0.1, 0.15) is 5.52 Å². The van der Waals surface area contributed by atoms with Crippen molar-refractivity contribution >= 4 is 16.8 Å². The van der Waals surface area contributed by atoms with Gasteiger partial charge in [0.15, 0.2) is 5.58 Å². The molecule has 0 aliphatic heterocycles. The highest BCUT2D eigenvalue weighted by molar-refractivity contribution is 5.85. The molecule has 21 heavy (non-hydrogen) atoms. The summed E-state index contributed by atoms with van der Waals surface area (Å²) in [5.41, 5.74) is 10.1. The highest BCUT2D eigenvalue weighted by atomic mass is 16.3. The number of fused-ring (bicyclic) bond motifs is 1. The van der Waals surface area contributed by atoms with E-state index in [2.05, 4.69) is 14.9 Å². The van der Waals surface area contributed by atoms with E-state index in [9.17, 15) is 0 Å². The Morgan fingerprint density at radius 3 is 2.67 bits per heavy atom. The zero-order valence-electron chi connectivity index (χ0n) is 12.2. The quantitative estimate of drug-likeness (QED) is 0.745. The van der Waals surface area contributed by atoms with E-state index in [1.54, 1.807) is 0 Å². The maximum Gasteiger partial charge on any atom is 0.209 e. The first-order valence-electron chi connectivity index (χ1n) is 6.87. The molecule has 0 amide bonds. The Hall–Kier alpha value is -2.40. The minimum Gasteiger partial charge on any atom is -0.439 e. The molecule has 2 N–H and O–H groups in total. The van der Waals surface area contributed by atoms with Gasteiger partial charge in [0.25, 0.3) is 0 Å². The van der Waals surface area contributed by atoms with Gasteiger partial charge in [0, 0.05) is 12.2 Å². The van der Waals surface area contributed by atoms with Gasteiger partial charge in [-0.3, -0.25) is 9.88 Å². The van der Waals surface area contributed by atoms with Crippen LogP contribution in [-0.4, -0.2) is 21.9 Å². The number of hydrogen-bond donors (Lipinski definition) is 1. The second-order valence-electron chi connectivity index (χ2n) is 5.24. The number of nitrogens with two attached hydrogens (primary N) is 1. The fourth-order valence-corrected chi connectivity index (χ4v) is 2.33. The van der Waals surface area contributed by atoms with Crippen molar-refractivity contribution in [3.63, 3.8) is 0 Å². The van der Waals surface area contributed by atoms with Crippen LogP contribution >= 0.6 is 0 Å². The molecule has 5 nitrogen and oxygen atoms in total. The molecular weight excluding hydrogens is 264 g/mol. The first-order valence-corrected chi connectivity index (χ1v) is 6.87. The molecule has 0 bridgehead atoms. The third-order valence-corrected chi connectivity index (χ3v) is 3.28. The van der Waals surface area contributed by atoms with Crippen molar-refractivity contribution in [2.45, 2.75) is 20.0 Å². The van der Waals surface area contributed by atoms with E-state index >= 15 is 0 Å². The van der Waals surface area contributed by atoms with Gasteiger partial charge in [-0.25, -0.2) is 4.98 Å². The summed E-state index contributed by atoms with van der Waals surface area (Å²) >= 11 is 0. The molecule has 0 fully saturated rings. The van der Waals surface area contributed by atoms with Crippen LogP contribution in [-0.2, 0) is 13.1 Å². The molecule has 1 aromatic carbocycles. The van der Waals surface area contributed by atoms with E-state index in [4.69, 9.17) is 10.2 Å². The lowest BCUT2D eigenvalue weighted by Gasteiger charge is -2.13. The molecule has 0 atom stereocenters. The highest BCUT2D eigenvalue weighted by Gasteiger charge is 2.11. The molecule has 108 valence electrons. The van der Waals surface area contributed by atoms with Crippen molar-refractivity contribution in [3.8, 4) is 0 Å². The largest absolute Gasteiger partial charge is 0.439 e. The maximum atomic E-state index is 5.89. The fraction of sp³-hybridized carbons (Fsp3) is 0.250. The summed E-state index contributed by atoms with van der Waals surface area (Å²) in [6, 6.07) is 11.6. The van der Waals surface area contributed by atoms with Crippen LogP contribution in [0.2, 0.25) is 0 Å². The number of nitrogen functional groups attached to an aromatic ring is 1. The van der Waals surface area contributed by atoms with Gasteiger partial charge in [0.2, 0.25) is 5.89 Å². The van der Waals surface area contributed by atoms with Crippen molar-refractivity contribution in [1.82, 2.24) is 14.9 Å². The number of hydrogen-bond acceptors (Lipinski definition) is 5. The summed E-state index contributed by atoms with van der Waals surface area (Å²) in [5.74, 6) is 0.665. The maximum absolute atomic E-state index is 5.89. The van der Waals surface area contributed by atoms with Crippen molar-refractivity contribution < 1.29 is 4.42 Å². The predicted octanol–water partition coefficient (Wildman–Crippen LogP) is 2.75. The van der Waals surface area contributed by atoms with Gasteiger partial charge in [-0.2, -0.15) is 0 Å². The summed E-state index contributed by atoms with van der Waals surface area (Å²) < 4.78 is 5.73. The second-order valence-corrected chi connectivity index (χ2v) is 5.24. The lowest BCUT2D eigenvalue weighted by atomic mass is 10.3. The van der Waals surface area contributed by atoms with E-state index in [-0.39, 0.29) is 0 Å². The van der Waals surface area contributed by atoms with Gasteiger partial charge in [-0.1, -0.05) is 12.1 Å². The third kappa shape index (κ3) is 3.03. The van der Waals surface area contributed by atoms with Crippen LogP contribution < -0.4 is 5.73 Å². The number of aryl methyl sites for hydroxylation is 1. The Balaban J connectivity index is 1.74. The standard InChI is InChI=1S/C16H18N4O/c1-11-5-3-6-12(18-11)9-20(2)10-15-19-16-13(17)7-4-8-14(16)21-15/h3-8H,9-10,17H2,1-2H3. The zero-order valence-corrected chi connectivity index (χ0v) is 12.2. The van der Waals surface area contributed by atoms with Crippen LogP contribution in [0, 0.1) is 6.92 Å². The molecule has 0 radical (unpaired) electrons. The average molecular weight is 282 g/mol. The van der Waals surface area contributed by atoms with Crippen molar-refractivity contribution in [1.29, 1.82) is 0 Å². The summed E-state index contributed by atoms with van der Waals surface area (Å²) in [7, 11) is 2.02. The molecule has 0 spiro atoms. The number of oxazole rings is 1. The van der Waals surface area contributed by atoms with Gasteiger partial charge in [0.05, 0.1) is 17.9 Å². The summed E-state index contributed by atoms with van der Waals surface area (Å²) in [6.07, 6.45) is 0. The minimum atomic E-state index is 0.615. The lowest BCUT2D eigenvalue weighted by Crippen LogP contribution is -2.18. The van der Waals surface area contributed by atoms with Crippen LogP contribution in [0.4, 0.5) is 5.69 Å². The van der Waals surface area contributed by atoms with Gasteiger partial charge in [-0.15, -0.1) is 0 Å². The summed E-state index contributed by atoms with van der Waals surface area (Å²) in [5, 5.41) is 0. The Morgan fingerprint density at radius 1 is 1.10 bits per heavy atom. The third-order valence-electron chi connectivity index (χ3n) is 3.28. The molecule has 2 aromatic heterocycles. The first kappa shape index (κ1) is 13.6. The topological polar surface area (TPSA) is 68.2 Å². The van der Waals surface area contributed by atoms with E-state index in [0.717, 1.165) is 29.0 Å². The molecule has 0 unspecified atom stereocenters. The predicted molar refractivity (Wildman–Crippen MR) is 82.6 cm³/mol. The molecule has 0 aliphatic carbocycles. The Bertz CT molecular complexity index is 766. The molecular formula is C16H18N4O. The van der Waals surface area contributed by atoms with Crippen LogP contribution in [0.15, 0.2) is 40.8 Å². The zero-order chi connectivity index (χ0) is 14.8. The van der Waals surface area contributed by atoms with Crippen LogP contribution in [0.3, 0.4) is 0 Å². The lowest BCUT2D eigenvalue weighted by molar-refractivity contribution is 0.282. The highest BCUT2D eigenvalue weighted by Crippen LogP contribution is 2.21. The number of rotatable bonds is 4. The molecule has 3 aromatic rings. The minimum absolute atomic E-state index is 0.615. The molecule has 2 heterocycles. The van der Waals surface area contributed by atoms with Crippen LogP contribution in [0.5, 0.6) is 0 Å². The molecule has 3 rings (SSSR count). The number of nitrogens with zero attached hydrogens (tertiary/aromatic N) is 3. The molecule has 0 saturated heterocycles. The van der Waals surface area contributed by atoms with Crippen LogP contribution in [0.25, 0.3) is 11.1 Å². The number of anilines is 1. The Morgan fingerprint density at radius 2 is 1.90 bits per heavy atom. The first-order chi connectivity index (χ1) is 10.1. The van der Waals surface area contributed by atoms with Gasteiger partial charge >= 0.3 is 0 Å². The number of aromatic nitrogens is 2. The smallest absolute Gasteiger partial charge is 0.209 e. The van der Waals surface area contributed by atoms with E-state index in [0.29, 0.717) is 18.1 Å². The number of para-hydroxylation sites is 1. The summed E-state index contributed by atoms with van der Waals surface area (Å²) in [6.45, 7) is 3.35. The van der Waals surface area contributed by atoms with Gasteiger partial charge in [-0.05, 0) is 38.2 Å². The van der Waals surface area contributed by atoms with Crippen LogP contribution in [0.1, 0.15) is 17.3 Å². The Kier molecular flexibility index (Phi) is 3.58. The molecule has 5 heteroatoms. The van der Waals surface area contributed by atoms with E-state index in [1.165, 1.54) is 0 Å². The fourth-order valence-electron chi connectivity index (χ4n) is 2.33. The summed E-state index contributed by atoms with van der Waals surface area (Å²) in [4.78, 5) is 11.1. The Labute approximate surface area is 123 Å². The normalized spacial score (nSPS) is 11.4. The van der Waals surface area contributed by atoms with Crippen molar-refractivity contribution in [2.24, 2.45) is 0 Å². The second kappa shape index (κ2) is 5.54. The average Bonchev–Trinajstić information content (AvgIpc) is 2.82. The SMILES string of the molecule is Cc1cccc(CN(C)Cc2nc3c(N)cccc3o2)n1. The number of benzene rings is 1. The molecule has 0 saturated carbocycles. The monoisotopic (exact) mass is 282 g/mol. The van der Waals surface area contributed by atoms with Gasteiger partial charge < -0.3 is 10.2 Å². The van der Waals surface area contributed by atoms with E-state index < -0.39 is 0 Å². The number of pyridine rings is 1. The van der Waals surface area contributed by atoms with Crippen molar-refractivity contribution in [2.75, 3.05) is 12.8 Å².